The van der Waals surface area contributed by atoms with Gasteiger partial charge in [-0.3, -0.25) is 15.6 Å². The maximum Gasteiger partial charge on any atom is 0.256 e. The lowest BCUT2D eigenvalue weighted by atomic mass is 9.98. The van der Waals surface area contributed by atoms with E-state index in [1.807, 2.05) is 27.7 Å². The molecule has 0 aromatic carbocycles. The normalized spacial score (nSPS) is 20.6. The second-order valence-corrected chi connectivity index (χ2v) is 6.35. The molecule has 0 bridgehead atoms. The van der Waals surface area contributed by atoms with Crippen LogP contribution in [-0.4, -0.2) is 40.1 Å². The Kier molecular flexibility index (Phi) is 3.71. The lowest BCUT2D eigenvalue weighted by Crippen LogP contribution is -2.58. The Morgan fingerprint density at radius 3 is 2.50 bits per heavy atom. The number of anilines is 1. The van der Waals surface area contributed by atoms with E-state index >= 15 is 0 Å². The van der Waals surface area contributed by atoms with Gasteiger partial charge in [-0.1, -0.05) is 0 Å². The van der Waals surface area contributed by atoms with Gasteiger partial charge in [0.1, 0.15) is 0 Å². The number of hydrogen-bond donors (Lipinski definition) is 2. The van der Waals surface area contributed by atoms with Crippen molar-refractivity contribution < 1.29 is 9.53 Å². The zero-order chi connectivity index (χ0) is 15.0. The van der Waals surface area contributed by atoms with Crippen LogP contribution in [0.2, 0.25) is 0 Å². The summed E-state index contributed by atoms with van der Waals surface area (Å²) >= 11 is 0. The topological polar surface area (TPSA) is 80.5 Å². The molecule has 6 heteroatoms. The van der Waals surface area contributed by atoms with Gasteiger partial charge >= 0.3 is 0 Å². The molecule has 1 aromatic heterocycles. The number of nitrogens with one attached hydrogen (secondary N) is 1. The molecule has 0 atom stereocenters. The zero-order valence-electron chi connectivity index (χ0n) is 12.4. The first-order valence-corrected chi connectivity index (χ1v) is 6.64. The number of carbonyl (C=O) groups is 1. The second-order valence-electron chi connectivity index (χ2n) is 6.35. The molecule has 0 spiro atoms. The smallest absolute Gasteiger partial charge is 0.256 e. The van der Waals surface area contributed by atoms with Gasteiger partial charge in [-0.05, 0) is 33.8 Å². The van der Waals surface area contributed by atoms with Gasteiger partial charge in [0.25, 0.3) is 5.91 Å². The molecule has 0 aliphatic carbocycles. The molecule has 1 fully saturated rings. The molecule has 1 aliphatic heterocycles. The second kappa shape index (κ2) is 5.03. The fourth-order valence-electron chi connectivity index (χ4n) is 2.80. The first kappa shape index (κ1) is 14.7. The van der Waals surface area contributed by atoms with Gasteiger partial charge in [0.2, 0.25) is 0 Å². The summed E-state index contributed by atoms with van der Waals surface area (Å²) in [4.78, 5) is 18.5. The summed E-state index contributed by atoms with van der Waals surface area (Å²) in [6.45, 7) is 9.04. The van der Waals surface area contributed by atoms with Gasteiger partial charge in [-0.2, -0.15) is 0 Å². The number of nitrogens with two attached hydrogens (primary N) is 1. The predicted molar refractivity (Wildman–Crippen MR) is 77.2 cm³/mol. The van der Waals surface area contributed by atoms with E-state index in [0.29, 0.717) is 24.3 Å². The summed E-state index contributed by atoms with van der Waals surface area (Å²) in [5.74, 6) is 5.37. The summed E-state index contributed by atoms with van der Waals surface area (Å²) in [5, 5.41) is 0. The third-order valence-electron chi connectivity index (χ3n) is 3.19. The van der Waals surface area contributed by atoms with E-state index in [2.05, 4.69) is 10.4 Å². The molecular weight excluding hydrogens is 256 g/mol. The highest BCUT2D eigenvalue weighted by Gasteiger charge is 2.40. The van der Waals surface area contributed by atoms with Crippen molar-refractivity contribution in [1.29, 1.82) is 0 Å². The number of nitrogens with zero attached hydrogens (tertiary/aromatic N) is 2. The van der Waals surface area contributed by atoms with Crippen molar-refractivity contribution in [3.63, 3.8) is 0 Å². The predicted octanol–water partition coefficient (Wildman–Crippen LogP) is 1.40. The molecule has 20 heavy (non-hydrogen) atoms. The molecule has 6 nitrogen and oxygen atoms in total. The first-order chi connectivity index (χ1) is 9.24. The Hall–Kier alpha value is -1.66. The van der Waals surface area contributed by atoms with Gasteiger partial charge in [0.05, 0.1) is 28.6 Å². The van der Waals surface area contributed by atoms with E-state index in [9.17, 15) is 4.79 Å². The van der Waals surface area contributed by atoms with Crippen molar-refractivity contribution in [1.82, 2.24) is 9.88 Å². The summed E-state index contributed by atoms with van der Waals surface area (Å²) < 4.78 is 5.99. The lowest BCUT2D eigenvalue weighted by molar-refractivity contribution is -0.171. The number of carbonyl (C=O) groups excluding carboxylic acids is 1. The van der Waals surface area contributed by atoms with Gasteiger partial charge < -0.3 is 15.1 Å². The van der Waals surface area contributed by atoms with Gasteiger partial charge in [-0.25, -0.2) is 0 Å². The van der Waals surface area contributed by atoms with Crippen molar-refractivity contribution in [2.24, 2.45) is 5.84 Å². The highest BCUT2D eigenvalue weighted by molar-refractivity contribution is 5.99. The molecule has 3 N–H and O–H groups in total. The van der Waals surface area contributed by atoms with Gasteiger partial charge in [-0.15, -0.1) is 0 Å². The Morgan fingerprint density at radius 2 is 1.95 bits per heavy atom. The Bertz CT molecular complexity index is 498. The molecule has 0 radical (unpaired) electrons. The fraction of sp³-hybridized carbons (Fsp3) is 0.571. The summed E-state index contributed by atoms with van der Waals surface area (Å²) in [5.41, 5.74) is 2.82. The fourth-order valence-corrected chi connectivity index (χ4v) is 2.80. The van der Waals surface area contributed by atoms with E-state index in [-0.39, 0.29) is 17.1 Å². The lowest BCUT2D eigenvalue weighted by Gasteiger charge is -2.47. The van der Waals surface area contributed by atoms with Crippen LogP contribution in [0.25, 0.3) is 0 Å². The minimum atomic E-state index is -0.374. The van der Waals surface area contributed by atoms with Crippen LogP contribution in [0.15, 0.2) is 18.5 Å². The van der Waals surface area contributed by atoms with Crippen molar-refractivity contribution in [2.75, 3.05) is 18.5 Å². The van der Waals surface area contributed by atoms with Crippen LogP contribution in [0, 0.1) is 0 Å². The van der Waals surface area contributed by atoms with E-state index in [1.165, 1.54) is 0 Å². The average molecular weight is 278 g/mol. The van der Waals surface area contributed by atoms with Gasteiger partial charge in [0.15, 0.2) is 0 Å². The largest absolute Gasteiger partial charge is 0.366 e. The van der Waals surface area contributed by atoms with Crippen LogP contribution in [0.3, 0.4) is 0 Å². The number of amides is 1. The molecule has 1 aromatic rings. The third kappa shape index (κ3) is 3.08. The van der Waals surface area contributed by atoms with Crippen molar-refractivity contribution in [3.05, 3.63) is 24.0 Å². The number of hydrogen-bond acceptors (Lipinski definition) is 5. The van der Waals surface area contributed by atoms with E-state index in [1.54, 1.807) is 23.4 Å². The third-order valence-corrected chi connectivity index (χ3v) is 3.19. The van der Waals surface area contributed by atoms with Crippen LogP contribution >= 0.6 is 0 Å². The highest BCUT2D eigenvalue weighted by atomic mass is 16.5. The molecule has 1 aliphatic rings. The van der Waals surface area contributed by atoms with Crippen LogP contribution in [-0.2, 0) is 4.74 Å². The maximum absolute atomic E-state index is 12.7. The summed E-state index contributed by atoms with van der Waals surface area (Å²) in [6.07, 6.45) is 3.13. The minimum absolute atomic E-state index is 0.0650. The molecule has 2 rings (SSSR count). The average Bonchev–Trinajstić information content (AvgIpc) is 2.34. The molecule has 2 heterocycles. The number of pyridine rings is 1. The molecule has 0 unspecified atom stereocenters. The van der Waals surface area contributed by atoms with Gasteiger partial charge in [0, 0.05) is 19.3 Å². The molecule has 110 valence electrons. The Balaban J connectivity index is 2.28. The zero-order valence-corrected chi connectivity index (χ0v) is 12.4. The monoisotopic (exact) mass is 278 g/mol. The molecule has 1 saturated heterocycles. The molecule has 1 amide bonds. The SMILES string of the molecule is CC1(C)CN(C(=O)c2ccncc2NN)CC(C)(C)O1. The summed E-state index contributed by atoms with van der Waals surface area (Å²) in [7, 11) is 0. The highest BCUT2D eigenvalue weighted by Crippen LogP contribution is 2.29. The molecule has 0 saturated carbocycles. The van der Waals surface area contributed by atoms with E-state index in [0.717, 1.165) is 0 Å². The maximum atomic E-state index is 12.7. The Labute approximate surface area is 119 Å². The van der Waals surface area contributed by atoms with E-state index < -0.39 is 0 Å². The number of hydrazine groups is 1. The van der Waals surface area contributed by atoms with Crippen molar-refractivity contribution in [2.45, 2.75) is 38.9 Å². The minimum Gasteiger partial charge on any atom is -0.366 e. The van der Waals surface area contributed by atoms with Crippen molar-refractivity contribution in [3.8, 4) is 0 Å². The van der Waals surface area contributed by atoms with Crippen LogP contribution in [0.5, 0.6) is 0 Å². The number of morpholine rings is 1. The Morgan fingerprint density at radius 1 is 1.35 bits per heavy atom. The number of rotatable bonds is 2. The van der Waals surface area contributed by atoms with Crippen LogP contribution in [0.1, 0.15) is 38.1 Å². The summed E-state index contributed by atoms with van der Waals surface area (Å²) in [6, 6.07) is 1.67. The number of aromatic nitrogens is 1. The quantitative estimate of drug-likeness (QED) is 0.631. The number of ether oxygens (including phenoxy) is 1. The standard InChI is InChI=1S/C14H22N4O2/c1-13(2)8-18(9-14(3,4)20-13)12(19)10-5-6-16-7-11(10)17-15/h5-7,17H,8-9,15H2,1-4H3. The molecular formula is C14H22N4O2. The number of nitrogen functional groups attached to an aromatic ring is 1. The van der Waals surface area contributed by atoms with Crippen LogP contribution < -0.4 is 11.3 Å². The van der Waals surface area contributed by atoms with Crippen LogP contribution in [0.4, 0.5) is 5.69 Å². The van der Waals surface area contributed by atoms with Crippen molar-refractivity contribution >= 4 is 11.6 Å². The van der Waals surface area contributed by atoms with E-state index in [4.69, 9.17) is 10.6 Å². The first-order valence-electron chi connectivity index (χ1n) is 6.64.